The number of carboxylic acid groups (broad SMARTS) is 1. The van der Waals surface area contributed by atoms with Gasteiger partial charge in [-0.15, -0.1) is 0 Å². The van der Waals surface area contributed by atoms with E-state index in [0.717, 1.165) is 12.1 Å². The monoisotopic (exact) mass is 242 g/mol. The average Bonchev–Trinajstić information content (AvgIpc) is 2.22. The standard InChI is InChI=1S/C7H6O4.C4H8O2/c8-5-2-1-4(7(10)11)3-6(5)9;1-3-6-4(2)5/h1-3,8-9H,(H,10,11);3H2,1-2H3. The lowest BCUT2D eigenvalue weighted by Crippen LogP contribution is -1.95. The summed E-state index contributed by atoms with van der Waals surface area (Å²) < 4.78 is 4.40. The van der Waals surface area contributed by atoms with Crippen LogP contribution in [0.25, 0.3) is 0 Å². The summed E-state index contributed by atoms with van der Waals surface area (Å²) in [4.78, 5) is 20.1. The van der Waals surface area contributed by atoms with Gasteiger partial charge in [-0.2, -0.15) is 0 Å². The summed E-state index contributed by atoms with van der Waals surface area (Å²) in [6, 6.07) is 3.31. The maximum Gasteiger partial charge on any atom is 0.335 e. The van der Waals surface area contributed by atoms with Gasteiger partial charge < -0.3 is 20.1 Å². The summed E-state index contributed by atoms with van der Waals surface area (Å²) in [7, 11) is 0. The molecule has 1 aromatic carbocycles. The smallest absolute Gasteiger partial charge is 0.335 e. The molecule has 1 aromatic rings. The summed E-state index contributed by atoms with van der Waals surface area (Å²) in [5, 5.41) is 26.0. The Morgan fingerprint density at radius 2 is 1.82 bits per heavy atom. The highest BCUT2D eigenvalue weighted by Gasteiger charge is 2.05. The molecule has 0 bridgehead atoms. The molecule has 6 nitrogen and oxygen atoms in total. The fraction of sp³-hybridized carbons (Fsp3) is 0.273. The maximum atomic E-state index is 10.3. The van der Waals surface area contributed by atoms with E-state index in [0.29, 0.717) is 6.61 Å². The second-order valence-corrected chi connectivity index (χ2v) is 2.93. The van der Waals surface area contributed by atoms with Crippen LogP contribution in [0, 0.1) is 0 Å². The molecular weight excluding hydrogens is 228 g/mol. The van der Waals surface area contributed by atoms with Crippen LogP contribution >= 0.6 is 0 Å². The lowest BCUT2D eigenvalue weighted by molar-refractivity contribution is -0.140. The summed E-state index contributed by atoms with van der Waals surface area (Å²) in [5.74, 6) is -2.10. The molecule has 0 heterocycles. The molecule has 0 aromatic heterocycles. The lowest BCUT2D eigenvalue weighted by Gasteiger charge is -1.97. The van der Waals surface area contributed by atoms with Crippen LogP contribution in [-0.4, -0.2) is 33.9 Å². The van der Waals surface area contributed by atoms with Crippen LogP contribution in [0.2, 0.25) is 0 Å². The van der Waals surface area contributed by atoms with E-state index in [1.54, 1.807) is 6.92 Å². The van der Waals surface area contributed by atoms with Gasteiger partial charge in [0.05, 0.1) is 12.2 Å². The Morgan fingerprint density at radius 1 is 1.24 bits per heavy atom. The van der Waals surface area contributed by atoms with E-state index in [2.05, 4.69) is 4.74 Å². The number of hydrogen-bond acceptors (Lipinski definition) is 5. The highest BCUT2D eigenvalue weighted by Crippen LogP contribution is 2.24. The van der Waals surface area contributed by atoms with Crippen molar-refractivity contribution in [1.82, 2.24) is 0 Å². The number of esters is 1. The first-order chi connectivity index (χ1) is 7.88. The van der Waals surface area contributed by atoms with Gasteiger partial charge >= 0.3 is 11.9 Å². The molecule has 0 atom stereocenters. The molecule has 1 rings (SSSR count). The number of ether oxygens (including phenoxy) is 1. The number of hydrogen-bond donors (Lipinski definition) is 3. The largest absolute Gasteiger partial charge is 0.504 e. The highest BCUT2D eigenvalue weighted by molar-refractivity contribution is 5.88. The first-order valence-electron chi connectivity index (χ1n) is 4.77. The predicted molar refractivity (Wildman–Crippen MR) is 59.0 cm³/mol. The fourth-order valence-electron chi connectivity index (χ4n) is 0.860. The van der Waals surface area contributed by atoms with Gasteiger partial charge in [0.2, 0.25) is 0 Å². The zero-order chi connectivity index (χ0) is 13.4. The van der Waals surface area contributed by atoms with Crippen molar-refractivity contribution in [3.63, 3.8) is 0 Å². The van der Waals surface area contributed by atoms with Crippen molar-refractivity contribution in [3.8, 4) is 11.5 Å². The molecule has 3 N–H and O–H groups in total. The molecule has 0 amide bonds. The lowest BCUT2D eigenvalue weighted by atomic mass is 10.2. The zero-order valence-electron chi connectivity index (χ0n) is 9.51. The van der Waals surface area contributed by atoms with Crippen molar-refractivity contribution < 1.29 is 29.6 Å². The molecule has 94 valence electrons. The molecule has 0 aliphatic carbocycles. The normalized spacial score (nSPS) is 8.82. The van der Waals surface area contributed by atoms with Gasteiger partial charge in [0.1, 0.15) is 0 Å². The summed E-state index contributed by atoms with van der Waals surface area (Å²) >= 11 is 0. The minimum Gasteiger partial charge on any atom is -0.504 e. The zero-order valence-corrected chi connectivity index (χ0v) is 9.51. The Hall–Kier alpha value is -2.24. The fourth-order valence-corrected chi connectivity index (χ4v) is 0.860. The number of aromatic carboxylic acids is 1. The third kappa shape index (κ3) is 6.03. The van der Waals surface area contributed by atoms with Crippen molar-refractivity contribution in [1.29, 1.82) is 0 Å². The van der Waals surface area contributed by atoms with E-state index in [-0.39, 0.29) is 17.3 Å². The molecule has 0 aliphatic rings. The molecule has 17 heavy (non-hydrogen) atoms. The van der Waals surface area contributed by atoms with E-state index < -0.39 is 11.7 Å². The average molecular weight is 242 g/mol. The number of carbonyl (C=O) groups is 2. The second-order valence-electron chi connectivity index (χ2n) is 2.93. The Balaban J connectivity index is 0.000000366. The summed E-state index contributed by atoms with van der Waals surface area (Å²) in [6.07, 6.45) is 0. The number of benzene rings is 1. The quantitative estimate of drug-likeness (QED) is 0.534. The number of aromatic hydroxyl groups is 2. The van der Waals surface area contributed by atoms with E-state index in [1.165, 1.54) is 13.0 Å². The number of phenols is 2. The van der Waals surface area contributed by atoms with Gasteiger partial charge in [0.15, 0.2) is 11.5 Å². The number of rotatable bonds is 2. The number of phenolic OH excluding ortho intramolecular Hbond substituents is 2. The van der Waals surface area contributed by atoms with Gasteiger partial charge in [0, 0.05) is 6.92 Å². The Labute approximate surface area is 98.1 Å². The van der Waals surface area contributed by atoms with Crippen molar-refractivity contribution >= 4 is 11.9 Å². The molecule has 0 unspecified atom stereocenters. The van der Waals surface area contributed by atoms with Crippen LogP contribution in [-0.2, 0) is 9.53 Å². The van der Waals surface area contributed by atoms with E-state index in [9.17, 15) is 9.59 Å². The molecule has 6 heteroatoms. The first-order valence-corrected chi connectivity index (χ1v) is 4.77. The third-order valence-corrected chi connectivity index (χ3v) is 1.57. The van der Waals surface area contributed by atoms with Crippen LogP contribution in [0.15, 0.2) is 18.2 Å². The Bertz CT molecular complexity index is 399. The SMILES string of the molecule is CCOC(C)=O.O=C(O)c1ccc(O)c(O)c1. The van der Waals surface area contributed by atoms with Crippen molar-refractivity contribution in [2.45, 2.75) is 13.8 Å². The molecule has 0 radical (unpaired) electrons. The van der Waals surface area contributed by atoms with Crippen LogP contribution < -0.4 is 0 Å². The molecule has 0 aliphatic heterocycles. The van der Waals surface area contributed by atoms with Crippen molar-refractivity contribution in [2.24, 2.45) is 0 Å². The maximum absolute atomic E-state index is 10.3. The van der Waals surface area contributed by atoms with Gasteiger partial charge in [-0.3, -0.25) is 4.79 Å². The van der Waals surface area contributed by atoms with Crippen LogP contribution in [0.4, 0.5) is 0 Å². The minimum atomic E-state index is -1.14. The topological polar surface area (TPSA) is 104 Å². The molecule has 0 fully saturated rings. The summed E-state index contributed by atoms with van der Waals surface area (Å²) in [5.41, 5.74) is -0.0553. The number of carboxylic acids is 1. The molecule has 0 saturated carbocycles. The van der Waals surface area contributed by atoms with E-state index in [4.69, 9.17) is 15.3 Å². The second kappa shape index (κ2) is 7.10. The Kier molecular flexibility index (Phi) is 6.17. The van der Waals surface area contributed by atoms with Crippen molar-refractivity contribution in [3.05, 3.63) is 23.8 Å². The Morgan fingerprint density at radius 3 is 2.12 bits per heavy atom. The van der Waals surface area contributed by atoms with Gasteiger partial charge in [-0.1, -0.05) is 0 Å². The van der Waals surface area contributed by atoms with Crippen molar-refractivity contribution in [2.75, 3.05) is 6.61 Å². The van der Waals surface area contributed by atoms with Crippen LogP contribution in [0.3, 0.4) is 0 Å². The predicted octanol–water partition coefficient (Wildman–Crippen LogP) is 1.37. The van der Waals surface area contributed by atoms with Gasteiger partial charge in [-0.25, -0.2) is 4.79 Å². The van der Waals surface area contributed by atoms with Crippen LogP contribution in [0.1, 0.15) is 24.2 Å². The molecule has 0 saturated heterocycles. The van der Waals surface area contributed by atoms with Crippen LogP contribution in [0.5, 0.6) is 11.5 Å². The van der Waals surface area contributed by atoms with E-state index >= 15 is 0 Å². The minimum absolute atomic E-state index is 0.0553. The van der Waals surface area contributed by atoms with Gasteiger partial charge in [-0.05, 0) is 25.1 Å². The van der Waals surface area contributed by atoms with E-state index in [1.807, 2.05) is 0 Å². The summed E-state index contributed by atoms with van der Waals surface area (Å²) in [6.45, 7) is 3.65. The third-order valence-electron chi connectivity index (χ3n) is 1.57. The molecular formula is C11H14O6. The van der Waals surface area contributed by atoms with Gasteiger partial charge in [0.25, 0.3) is 0 Å². The first kappa shape index (κ1) is 14.8. The number of carbonyl (C=O) groups excluding carboxylic acids is 1. The highest BCUT2D eigenvalue weighted by atomic mass is 16.5. The molecule has 0 spiro atoms.